The third-order valence-corrected chi connectivity index (χ3v) is 3.06. The van der Waals surface area contributed by atoms with Crippen molar-refractivity contribution < 1.29 is 24.2 Å². The number of hydrogen-bond donors (Lipinski definition) is 4. The molecule has 104 valence electrons. The molecule has 6 nitrogen and oxygen atoms in total. The Labute approximate surface area is 122 Å². The summed E-state index contributed by atoms with van der Waals surface area (Å²) in [6.07, 6.45) is -1.60. The predicted octanol–water partition coefficient (Wildman–Crippen LogP) is 1.39. The van der Waals surface area contributed by atoms with Crippen molar-refractivity contribution in [2.24, 2.45) is 0 Å². The van der Waals surface area contributed by atoms with Crippen LogP contribution in [-0.4, -0.2) is 34.9 Å². The minimum absolute atomic E-state index is 0.0110. The number of halogens is 2. The molecule has 1 rings (SSSR count). The van der Waals surface area contributed by atoms with Gasteiger partial charge in [0.2, 0.25) is 0 Å². The van der Waals surface area contributed by atoms with Crippen molar-refractivity contribution in [3.8, 4) is 0 Å². The van der Waals surface area contributed by atoms with Gasteiger partial charge >= 0.3 is 12.0 Å². The Morgan fingerprint density at radius 2 is 2.11 bits per heavy atom. The molecule has 0 aliphatic heterocycles. The van der Waals surface area contributed by atoms with Gasteiger partial charge in [-0.2, -0.15) is 0 Å². The number of carbonyl (C=O) groups is 2. The molecule has 4 N–H and O–H groups in total. The number of aliphatic carboxylic acids is 1. The van der Waals surface area contributed by atoms with Gasteiger partial charge in [-0.15, -0.1) is 0 Å². The Balaban J connectivity index is 2.41. The molecule has 2 amide bonds. The van der Waals surface area contributed by atoms with E-state index in [2.05, 4.69) is 10.6 Å². The third kappa shape index (κ3) is 5.39. The van der Waals surface area contributed by atoms with E-state index in [9.17, 15) is 14.0 Å². The summed E-state index contributed by atoms with van der Waals surface area (Å²) in [4.78, 5) is 21.8. The van der Waals surface area contributed by atoms with Gasteiger partial charge in [-0.25, -0.2) is 14.0 Å². The zero-order valence-corrected chi connectivity index (χ0v) is 11.8. The second-order valence-corrected chi connectivity index (χ2v) is 4.81. The molecule has 0 fully saturated rings. The number of nitrogens with one attached hydrogen (secondary N) is 2. The highest BCUT2D eigenvalue weighted by Crippen LogP contribution is 2.18. The SMILES string of the molecule is O=C(NCCC(O)C(=O)O)Nc1ccc(F)cc1I. The van der Waals surface area contributed by atoms with Crippen LogP contribution in [0.25, 0.3) is 0 Å². The van der Waals surface area contributed by atoms with E-state index in [4.69, 9.17) is 10.2 Å². The van der Waals surface area contributed by atoms with Crippen molar-refractivity contribution >= 4 is 40.3 Å². The van der Waals surface area contributed by atoms with E-state index < -0.39 is 23.9 Å². The van der Waals surface area contributed by atoms with Crippen LogP contribution in [0.1, 0.15) is 6.42 Å². The molecule has 0 aliphatic rings. The van der Waals surface area contributed by atoms with Crippen LogP contribution in [0.3, 0.4) is 0 Å². The number of carboxylic acid groups (broad SMARTS) is 1. The molecule has 1 atom stereocenters. The fourth-order valence-electron chi connectivity index (χ4n) is 1.20. The second kappa shape index (κ2) is 7.24. The fraction of sp³-hybridized carbons (Fsp3) is 0.273. The maximum atomic E-state index is 12.8. The molecule has 0 bridgehead atoms. The van der Waals surface area contributed by atoms with E-state index in [0.717, 1.165) is 0 Å². The van der Waals surface area contributed by atoms with Crippen LogP contribution in [0.4, 0.5) is 14.9 Å². The van der Waals surface area contributed by atoms with E-state index >= 15 is 0 Å². The topological polar surface area (TPSA) is 98.7 Å². The van der Waals surface area contributed by atoms with E-state index in [1.807, 2.05) is 22.6 Å². The van der Waals surface area contributed by atoms with E-state index in [1.165, 1.54) is 18.2 Å². The van der Waals surface area contributed by atoms with Crippen molar-refractivity contribution in [3.63, 3.8) is 0 Å². The molecule has 1 unspecified atom stereocenters. The van der Waals surface area contributed by atoms with Crippen LogP contribution >= 0.6 is 22.6 Å². The maximum Gasteiger partial charge on any atom is 0.332 e. The zero-order valence-electron chi connectivity index (χ0n) is 9.69. The monoisotopic (exact) mass is 382 g/mol. The third-order valence-electron chi connectivity index (χ3n) is 2.17. The lowest BCUT2D eigenvalue weighted by Crippen LogP contribution is -2.33. The van der Waals surface area contributed by atoms with Crippen molar-refractivity contribution in [1.29, 1.82) is 0 Å². The Hall–Kier alpha value is -1.42. The molecule has 0 radical (unpaired) electrons. The summed E-state index contributed by atoms with van der Waals surface area (Å²) < 4.78 is 13.4. The van der Waals surface area contributed by atoms with Gasteiger partial charge in [0, 0.05) is 16.5 Å². The van der Waals surface area contributed by atoms with Crippen LogP contribution in [0.5, 0.6) is 0 Å². The smallest absolute Gasteiger partial charge is 0.332 e. The Bertz CT molecular complexity index is 484. The van der Waals surface area contributed by atoms with E-state index in [-0.39, 0.29) is 13.0 Å². The largest absolute Gasteiger partial charge is 0.479 e. The van der Waals surface area contributed by atoms with Crippen LogP contribution in [0, 0.1) is 9.39 Å². The van der Waals surface area contributed by atoms with Crippen LogP contribution in [0.15, 0.2) is 18.2 Å². The van der Waals surface area contributed by atoms with Crippen LogP contribution in [-0.2, 0) is 4.79 Å². The summed E-state index contributed by atoms with van der Waals surface area (Å²) in [5.74, 6) is -1.74. The Kier molecular flexibility index (Phi) is 5.96. The molecule has 0 aliphatic carbocycles. The maximum absolute atomic E-state index is 12.8. The lowest BCUT2D eigenvalue weighted by atomic mass is 10.2. The van der Waals surface area contributed by atoms with Gasteiger partial charge in [0.25, 0.3) is 0 Å². The molecular weight excluding hydrogens is 370 g/mol. The molecule has 1 aromatic carbocycles. The van der Waals surface area contributed by atoms with Gasteiger partial charge in [0.05, 0.1) is 5.69 Å². The minimum Gasteiger partial charge on any atom is -0.479 e. The van der Waals surface area contributed by atoms with Crippen molar-refractivity contribution in [1.82, 2.24) is 5.32 Å². The number of rotatable bonds is 5. The normalized spacial score (nSPS) is 11.7. The lowest BCUT2D eigenvalue weighted by molar-refractivity contribution is -0.146. The first-order chi connectivity index (χ1) is 8.90. The number of aliphatic hydroxyl groups excluding tert-OH is 1. The van der Waals surface area contributed by atoms with Crippen molar-refractivity contribution in [3.05, 3.63) is 27.6 Å². The summed E-state index contributed by atoms with van der Waals surface area (Å²) in [6.45, 7) is 0.0110. The molecule has 0 saturated carbocycles. The van der Waals surface area contributed by atoms with E-state index in [1.54, 1.807) is 0 Å². The van der Waals surface area contributed by atoms with Crippen LogP contribution < -0.4 is 10.6 Å². The van der Waals surface area contributed by atoms with Crippen molar-refractivity contribution in [2.75, 3.05) is 11.9 Å². The fourth-order valence-corrected chi connectivity index (χ4v) is 1.82. The number of benzene rings is 1. The molecule has 0 heterocycles. The number of anilines is 1. The van der Waals surface area contributed by atoms with Crippen LogP contribution in [0.2, 0.25) is 0 Å². The molecule has 1 aromatic rings. The average Bonchev–Trinajstić information content (AvgIpc) is 2.32. The number of hydrogen-bond acceptors (Lipinski definition) is 3. The molecule has 0 spiro atoms. The first-order valence-corrected chi connectivity index (χ1v) is 6.39. The summed E-state index contributed by atoms with van der Waals surface area (Å²) in [7, 11) is 0. The first-order valence-electron chi connectivity index (χ1n) is 5.31. The van der Waals surface area contributed by atoms with Gasteiger partial charge in [-0.3, -0.25) is 0 Å². The van der Waals surface area contributed by atoms with Gasteiger partial charge < -0.3 is 20.8 Å². The summed E-state index contributed by atoms with van der Waals surface area (Å²) in [5, 5.41) is 22.3. The molecule has 0 aromatic heterocycles. The number of amides is 2. The second-order valence-electron chi connectivity index (χ2n) is 3.65. The first kappa shape index (κ1) is 15.6. The Morgan fingerprint density at radius 1 is 1.42 bits per heavy atom. The predicted molar refractivity (Wildman–Crippen MR) is 74.4 cm³/mol. The number of aliphatic hydroxyl groups is 1. The Morgan fingerprint density at radius 3 is 2.68 bits per heavy atom. The lowest BCUT2D eigenvalue weighted by Gasteiger charge is -2.10. The highest BCUT2D eigenvalue weighted by atomic mass is 127. The summed E-state index contributed by atoms with van der Waals surface area (Å²) in [6, 6.07) is 3.35. The zero-order chi connectivity index (χ0) is 14.4. The van der Waals surface area contributed by atoms with E-state index in [0.29, 0.717) is 9.26 Å². The van der Waals surface area contributed by atoms with Gasteiger partial charge in [-0.05, 0) is 40.8 Å². The standard InChI is InChI=1S/C11H12FIN2O4/c12-6-1-2-8(7(13)5-6)15-11(19)14-4-3-9(16)10(17)18/h1-2,5,9,16H,3-4H2,(H,17,18)(H2,14,15,19). The molecule has 19 heavy (non-hydrogen) atoms. The molecule has 8 heteroatoms. The molecular formula is C11H12FIN2O4. The number of urea groups is 1. The van der Waals surface area contributed by atoms with Gasteiger partial charge in [-0.1, -0.05) is 0 Å². The average molecular weight is 382 g/mol. The highest BCUT2D eigenvalue weighted by molar-refractivity contribution is 14.1. The quantitative estimate of drug-likeness (QED) is 0.579. The number of carbonyl (C=O) groups excluding carboxylic acids is 1. The summed E-state index contributed by atoms with van der Waals surface area (Å²) in [5.41, 5.74) is 0.443. The number of carboxylic acids is 1. The molecule has 0 saturated heterocycles. The minimum atomic E-state index is -1.51. The van der Waals surface area contributed by atoms with Gasteiger partial charge in [0.1, 0.15) is 5.82 Å². The van der Waals surface area contributed by atoms with Crippen molar-refractivity contribution in [2.45, 2.75) is 12.5 Å². The van der Waals surface area contributed by atoms with Gasteiger partial charge in [0.15, 0.2) is 6.10 Å². The summed E-state index contributed by atoms with van der Waals surface area (Å²) >= 11 is 1.88. The highest BCUT2D eigenvalue weighted by Gasteiger charge is 2.13.